The van der Waals surface area contributed by atoms with Crippen LogP contribution in [0.25, 0.3) is 0 Å². The van der Waals surface area contributed by atoms with Crippen molar-refractivity contribution in [1.82, 2.24) is 10.6 Å². The van der Waals surface area contributed by atoms with E-state index >= 15 is 0 Å². The highest BCUT2D eigenvalue weighted by molar-refractivity contribution is 5.81. The summed E-state index contributed by atoms with van der Waals surface area (Å²) in [6.07, 6.45) is 0.452. The first-order chi connectivity index (χ1) is 8.34. The number of carbonyl (C=O) groups is 1. The van der Waals surface area contributed by atoms with E-state index in [1.807, 2.05) is 0 Å². The molecule has 0 aromatic heterocycles. The predicted molar refractivity (Wildman–Crippen MR) is 62.9 cm³/mol. The molecule has 1 rings (SSSR count). The Labute approximate surface area is 102 Å². The molecule has 0 saturated carbocycles. The number of morpholine rings is 1. The van der Waals surface area contributed by atoms with Gasteiger partial charge in [0.15, 0.2) is 0 Å². The summed E-state index contributed by atoms with van der Waals surface area (Å²) >= 11 is 0. The molecule has 1 atom stereocenters. The van der Waals surface area contributed by atoms with Crippen LogP contribution in [0.2, 0.25) is 0 Å². The van der Waals surface area contributed by atoms with Crippen LogP contribution in [0.4, 0.5) is 0 Å². The van der Waals surface area contributed by atoms with Gasteiger partial charge in [0.05, 0.1) is 19.8 Å². The van der Waals surface area contributed by atoms with E-state index in [1.54, 1.807) is 7.11 Å². The second-order valence-electron chi connectivity index (χ2n) is 3.81. The third kappa shape index (κ3) is 6.58. The molecule has 1 amide bonds. The fourth-order valence-electron chi connectivity index (χ4n) is 1.48. The second kappa shape index (κ2) is 9.35. The molecule has 2 N–H and O–H groups in total. The smallest absolute Gasteiger partial charge is 0.250 e. The number of hydrogen-bond donors (Lipinski definition) is 2. The second-order valence-corrected chi connectivity index (χ2v) is 3.81. The molecule has 1 aliphatic heterocycles. The molecule has 0 bridgehead atoms. The van der Waals surface area contributed by atoms with Crippen LogP contribution in [0.3, 0.4) is 0 Å². The van der Waals surface area contributed by atoms with Crippen LogP contribution in [-0.4, -0.2) is 65.2 Å². The summed E-state index contributed by atoms with van der Waals surface area (Å²) in [7, 11) is 1.64. The molecule has 0 radical (unpaired) electrons. The zero-order chi connectivity index (χ0) is 12.3. The van der Waals surface area contributed by atoms with E-state index in [-0.39, 0.29) is 12.0 Å². The minimum absolute atomic E-state index is 0.0471. The van der Waals surface area contributed by atoms with E-state index in [2.05, 4.69) is 10.6 Å². The third-order valence-corrected chi connectivity index (χ3v) is 2.42. The standard InChI is InChI=1S/C11H22N2O4/c1-15-7-8-16-5-2-3-13-11(14)10-9-12-4-6-17-10/h10,12H,2-9H2,1H3,(H,13,14). The SMILES string of the molecule is COCCOCCCNC(=O)C1CNCCO1. The molecule has 0 aromatic carbocycles. The monoisotopic (exact) mass is 246 g/mol. The Morgan fingerprint density at radius 1 is 1.47 bits per heavy atom. The summed E-state index contributed by atoms with van der Waals surface area (Å²) < 4.78 is 15.5. The number of ether oxygens (including phenoxy) is 3. The van der Waals surface area contributed by atoms with Gasteiger partial charge in [0, 0.05) is 33.4 Å². The molecular formula is C11H22N2O4. The molecule has 0 aliphatic carbocycles. The Morgan fingerprint density at radius 2 is 2.35 bits per heavy atom. The van der Waals surface area contributed by atoms with Crippen molar-refractivity contribution in [1.29, 1.82) is 0 Å². The van der Waals surface area contributed by atoms with Crippen molar-refractivity contribution in [2.24, 2.45) is 0 Å². The fraction of sp³-hybridized carbons (Fsp3) is 0.909. The lowest BCUT2D eigenvalue weighted by molar-refractivity contribution is -0.134. The van der Waals surface area contributed by atoms with Gasteiger partial charge in [-0.1, -0.05) is 0 Å². The fourth-order valence-corrected chi connectivity index (χ4v) is 1.48. The summed E-state index contributed by atoms with van der Waals surface area (Å²) in [5, 5.41) is 5.94. The van der Waals surface area contributed by atoms with Crippen molar-refractivity contribution >= 4 is 5.91 Å². The quantitative estimate of drug-likeness (QED) is 0.546. The Kier molecular flexibility index (Phi) is 7.91. The average Bonchev–Trinajstić information content (AvgIpc) is 2.38. The van der Waals surface area contributed by atoms with Crippen LogP contribution in [0.1, 0.15) is 6.42 Å². The number of nitrogens with one attached hydrogen (secondary N) is 2. The maximum absolute atomic E-state index is 11.6. The Hall–Kier alpha value is -0.690. The van der Waals surface area contributed by atoms with E-state index in [0.29, 0.717) is 39.5 Å². The molecule has 1 heterocycles. The van der Waals surface area contributed by atoms with Gasteiger partial charge < -0.3 is 24.8 Å². The molecule has 6 heteroatoms. The Balaban J connectivity index is 1.92. The van der Waals surface area contributed by atoms with Gasteiger partial charge in [-0.2, -0.15) is 0 Å². The highest BCUT2D eigenvalue weighted by atomic mass is 16.5. The molecule has 6 nitrogen and oxygen atoms in total. The minimum atomic E-state index is -0.349. The topological polar surface area (TPSA) is 68.8 Å². The van der Waals surface area contributed by atoms with Crippen molar-refractivity contribution in [2.45, 2.75) is 12.5 Å². The zero-order valence-electron chi connectivity index (χ0n) is 10.4. The number of amides is 1. The van der Waals surface area contributed by atoms with Gasteiger partial charge in [0.25, 0.3) is 0 Å². The van der Waals surface area contributed by atoms with Crippen molar-refractivity contribution < 1.29 is 19.0 Å². The Morgan fingerprint density at radius 3 is 3.06 bits per heavy atom. The van der Waals surface area contributed by atoms with E-state index in [9.17, 15) is 4.79 Å². The van der Waals surface area contributed by atoms with Gasteiger partial charge in [-0.3, -0.25) is 4.79 Å². The van der Waals surface area contributed by atoms with Crippen molar-refractivity contribution in [2.75, 3.05) is 53.2 Å². The van der Waals surface area contributed by atoms with E-state index in [1.165, 1.54) is 0 Å². The molecule has 0 spiro atoms. The van der Waals surface area contributed by atoms with Crippen LogP contribution in [-0.2, 0) is 19.0 Å². The normalized spacial score (nSPS) is 20.2. The molecule has 1 aliphatic rings. The molecule has 0 aromatic rings. The highest BCUT2D eigenvalue weighted by Gasteiger charge is 2.20. The van der Waals surface area contributed by atoms with Gasteiger partial charge >= 0.3 is 0 Å². The molecule has 1 unspecified atom stereocenters. The molecule has 1 saturated heterocycles. The summed E-state index contributed by atoms with van der Waals surface area (Å²) in [6.45, 7) is 4.46. The summed E-state index contributed by atoms with van der Waals surface area (Å²) in [6, 6.07) is 0. The first kappa shape index (κ1) is 14.4. The molecular weight excluding hydrogens is 224 g/mol. The number of hydrogen-bond acceptors (Lipinski definition) is 5. The predicted octanol–water partition coefficient (Wildman–Crippen LogP) is -0.856. The van der Waals surface area contributed by atoms with Crippen LogP contribution in [0.5, 0.6) is 0 Å². The van der Waals surface area contributed by atoms with Crippen molar-refractivity contribution in [3.63, 3.8) is 0 Å². The van der Waals surface area contributed by atoms with Gasteiger partial charge in [-0.05, 0) is 6.42 Å². The van der Waals surface area contributed by atoms with Crippen LogP contribution < -0.4 is 10.6 Å². The first-order valence-electron chi connectivity index (χ1n) is 6.01. The summed E-state index contributed by atoms with van der Waals surface area (Å²) in [5.41, 5.74) is 0. The van der Waals surface area contributed by atoms with E-state index < -0.39 is 0 Å². The van der Waals surface area contributed by atoms with Gasteiger partial charge in [-0.25, -0.2) is 0 Å². The number of carbonyl (C=O) groups excluding carboxylic acids is 1. The largest absolute Gasteiger partial charge is 0.382 e. The maximum Gasteiger partial charge on any atom is 0.250 e. The lowest BCUT2D eigenvalue weighted by Gasteiger charge is -2.22. The lowest BCUT2D eigenvalue weighted by atomic mass is 10.3. The number of methoxy groups -OCH3 is 1. The van der Waals surface area contributed by atoms with Gasteiger partial charge in [0.1, 0.15) is 6.10 Å². The van der Waals surface area contributed by atoms with E-state index in [0.717, 1.165) is 13.0 Å². The van der Waals surface area contributed by atoms with Crippen LogP contribution in [0, 0.1) is 0 Å². The Bertz CT molecular complexity index is 208. The molecule has 100 valence electrons. The highest BCUT2D eigenvalue weighted by Crippen LogP contribution is 1.95. The van der Waals surface area contributed by atoms with Crippen molar-refractivity contribution in [3.05, 3.63) is 0 Å². The average molecular weight is 246 g/mol. The molecule has 1 fully saturated rings. The molecule has 17 heavy (non-hydrogen) atoms. The van der Waals surface area contributed by atoms with Crippen LogP contribution in [0.15, 0.2) is 0 Å². The van der Waals surface area contributed by atoms with Gasteiger partial charge in [-0.15, -0.1) is 0 Å². The third-order valence-electron chi connectivity index (χ3n) is 2.42. The number of rotatable bonds is 8. The summed E-state index contributed by atoms with van der Waals surface area (Å²) in [4.78, 5) is 11.6. The lowest BCUT2D eigenvalue weighted by Crippen LogP contribution is -2.48. The summed E-state index contributed by atoms with van der Waals surface area (Å²) in [5.74, 6) is -0.0471. The van der Waals surface area contributed by atoms with E-state index in [4.69, 9.17) is 14.2 Å². The minimum Gasteiger partial charge on any atom is -0.382 e. The maximum atomic E-state index is 11.6. The first-order valence-corrected chi connectivity index (χ1v) is 6.01. The zero-order valence-corrected chi connectivity index (χ0v) is 10.4. The van der Waals surface area contributed by atoms with Gasteiger partial charge in [0.2, 0.25) is 5.91 Å². The van der Waals surface area contributed by atoms with Crippen LogP contribution >= 0.6 is 0 Å². The van der Waals surface area contributed by atoms with Crippen molar-refractivity contribution in [3.8, 4) is 0 Å².